The van der Waals surface area contributed by atoms with Crippen molar-refractivity contribution in [1.29, 1.82) is 0 Å². The van der Waals surface area contributed by atoms with E-state index < -0.39 is 10.0 Å². The summed E-state index contributed by atoms with van der Waals surface area (Å²) < 4.78 is 22.6. The van der Waals surface area contributed by atoms with Crippen LogP contribution in [0.5, 0.6) is 0 Å². The van der Waals surface area contributed by atoms with E-state index in [4.69, 9.17) is 10.9 Å². The number of sulfonamides is 1. The highest BCUT2D eigenvalue weighted by molar-refractivity contribution is 7.89. The normalized spacial score (nSPS) is 19.9. The minimum atomic E-state index is -3.74. The predicted molar refractivity (Wildman–Crippen MR) is 77.5 cm³/mol. The molecular weight excluding hydrogens is 262 g/mol. The number of nitrogens with zero attached hydrogens (tertiary/aromatic N) is 1. The molecule has 1 heterocycles. The zero-order chi connectivity index (χ0) is 14.0. The Morgan fingerprint density at radius 1 is 1.42 bits per heavy atom. The van der Waals surface area contributed by atoms with Gasteiger partial charge in [0, 0.05) is 18.8 Å². The quantitative estimate of drug-likeness (QED) is 0.820. The van der Waals surface area contributed by atoms with E-state index >= 15 is 0 Å². The average molecular weight is 283 g/mol. The Morgan fingerprint density at radius 3 is 2.74 bits per heavy atom. The van der Waals surface area contributed by atoms with Crippen molar-refractivity contribution < 1.29 is 8.42 Å². The van der Waals surface area contributed by atoms with Crippen molar-refractivity contribution in [2.45, 2.75) is 31.1 Å². The molecule has 0 saturated carbocycles. The van der Waals surface area contributed by atoms with Crippen LogP contribution in [0.4, 0.5) is 11.4 Å². The molecule has 1 atom stereocenters. The van der Waals surface area contributed by atoms with Crippen LogP contribution < -0.4 is 15.8 Å². The minimum Gasteiger partial charge on any atom is -0.398 e. The summed E-state index contributed by atoms with van der Waals surface area (Å²) in [6.07, 6.45) is 3.62. The molecule has 106 valence electrons. The van der Waals surface area contributed by atoms with Gasteiger partial charge in [0.25, 0.3) is 0 Å². The first kappa shape index (κ1) is 14.1. The Labute approximate surface area is 114 Å². The molecule has 1 fully saturated rings. The van der Waals surface area contributed by atoms with E-state index in [1.807, 2.05) is 0 Å². The molecule has 1 aliphatic rings. The van der Waals surface area contributed by atoms with Crippen LogP contribution in [-0.4, -0.2) is 21.5 Å². The van der Waals surface area contributed by atoms with Gasteiger partial charge in [0.2, 0.25) is 10.0 Å². The van der Waals surface area contributed by atoms with Gasteiger partial charge in [-0.1, -0.05) is 13.3 Å². The van der Waals surface area contributed by atoms with Crippen LogP contribution in [0, 0.1) is 5.92 Å². The number of benzene rings is 1. The second kappa shape index (κ2) is 5.38. The van der Waals surface area contributed by atoms with Gasteiger partial charge in [0.1, 0.15) is 4.90 Å². The molecule has 0 bridgehead atoms. The van der Waals surface area contributed by atoms with Gasteiger partial charge in [0.15, 0.2) is 0 Å². The molecule has 0 aliphatic carbocycles. The molecule has 19 heavy (non-hydrogen) atoms. The zero-order valence-corrected chi connectivity index (χ0v) is 12.0. The molecular formula is C13H21N3O2S. The molecule has 4 N–H and O–H groups in total. The van der Waals surface area contributed by atoms with E-state index in [1.165, 1.54) is 25.3 Å². The Balaban J connectivity index is 2.18. The van der Waals surface area contributed by atoms with E-state index in [-0.39, 0.29) is 10.6 Å². The van der Waals surface area contributed by atoms with Crippen LogP contribution in [0.25, 0.3) is 0 Å². The highest BCUT2D eigenvalue weighted by atomic mass is 32.2. The van der Waals surface area contributed by atoms with Crippen LogP contribution in [0.1, 0.15) is 26.2 Å². The van der Waals surface area contributed by atoms with Crippen molar-refractivity contribution in [3.8, 4) is 0 Å². The van der Waals surface area contributed by atoms with E-state index in [0.717, 1.165) is 24.7 Å². The first-order valence-electron chi connectivity index (χ1n) is 6.59. The van der Waals surface area contributed by atoms with Gasteiger partial charge in [-0.2, -0.15) is 0 Å². The largest absolute Gasteiger partial charge is 0.398 e. The highest BCUT2D eigenvalue weighted by Crippen LogP contribution is 2.29. The lowest BCUT2D eigenvalue weighted by Gasteiger charge is -2.19. The summed E-state index contributed by atoms with van der Waals surface area (Å²) in [6, 6.07) is 4.98. The lowest BCUT2D eigenvalue weighted by atomic mass is 10.0. The third-order valence-electron chi connectivity index (χ3n) is 3.65. The Kier molecular flexibility index (Phi) is 4.01. The lowest BCUT2D eigenvalue weighted by molar-refractivity contribution is 0.530. The van der Waals surface area contributed by atoms with Gasteiger partial charge in [-0.3, -0.25) is 0 Å². The molecule has 1 saturated heterocycles. The SMILES string of the molecule is CCCC1CCN(c2ccc(S(N)(=O)=O)c(N)c2)C1. The predicted octanol–water partition coefficient (Wildman–Crippen LogP) is 1.54. The second-order valence-corrected chi connectivity index (χ2v) is 6.69. The highest BCUT2D eigenvalue weighted by Gasteiger charge is 2.23. The maximum absolute atomic E-state index is 11.3. The monoisotopic (exact) mass is 283 g/mol. The van der Waals surface area contributed by atoms with Crippen LogP contribution in [0.3, 0.4) is 0 Å². The number of nitrogen functional groups attached to an aromatic ring is 1. The van der Waals surface area contributed by atoms with Crippen molar-refractivity contribution in [2.24, 2.45) is 11.1 Å². The molecule has 0 spiro atoms. The smallest absolute Gasteiger partial charge is 0.240 e. The van der Waals surface area contributed by atoms with E-state index in [1.54, 1.807) is 12.1 Å². The van der Waals surface area contributed by atoms with Gasteiger partial charge >= 0.3 is 0 Å². The molecule has 2 rings (SSSR count). The van der Waals surface area contributed by atoms with Crippen LogP contribution in [-0.2, 0) is 10.0 Å². The zero-order valence-electron chi connectivity index (χ0n) is 11.2. The van der Waals surface area contributed by atoms with Crippen LogP contribution in [0.15, 0.2) is 23.1 Å². The number of primary sulfonamides is 1. The topological polar surface area (TPSA) is 89.4 Å². The molecule has 1 aromatic carbocycles. The van der Waals surface area contributed by atoms with Crippen molar-refractivity contribution in [1.82, 2.24) is 0 Å². The van der Waals surface area contributed by atoms with Crippen LogP contribution in [0.2, 0.25) is 0 Å². The standard InChI is InChI=1S/C13H21N3O2S/c1-2-3-10-6-7-16(9-10)11-4-5-13(12(14)8-11)19(15,17)18/h4-5,8,10H,2-3,6-7,9,14H2,1H3,(H2,15,17,18). The summed E-state index contributed by atoms with van der Waals surface area (Å²) in [5, 5.41) is 5.10. The van der Waals surface area contributed by atoms with Crippen molar-refractivity contribution in [3.05, 3.63) is 18.2 Å². The third-order valence-corrected chi connectivity index (χ3v) is 4.63. The van der Waals surface area contributed by atoms with E-state index in [0.29, 0.717) is 0 Å². The Hall–Kier alpha value is -1.27. The van der Waals surface area contributed by atoms with Crippen molar-refractivity contribution >= 4 is 21.4 Å². The lowest BCUT2D eigenvalue weighted by Crippen LogP contribution is -2.20. The summed E-state index contributed by atoms with van der Waals surface area (Å²) in [6.45, 7) is 4.21. The van der Waals surface area contributed by atoms with Gasteiger partial charge in [-0.05, 0) is 37.0 Å². The summed E-state index contributed by atoms with van der Waals surface area (Å²) in [7, 11) is -3.74. The molecule has 5 nitrogen and oxygen atoms in total. The van der Waals surface area contributed by atoms with Gasteiger partial charge < -0.3 is 10.6 Å². The first-order valence-corrected chi connectivity index (χ1v) is 8.13. The molecule has 1 unspecified atom stereocenters. The second-order valence-electron chi connectivity index (χ2n) is 5.16. The third kappa shape index (κ3) is 3.19. The maximum atomic E-state index is 11.3. The van der Waals surface area contributed by atoms with Crippen molar-refractivity contribution in [2.75, 3.05) is 23.7 Å². The van der Waals surface area contributed by atoms with Crippen molar-refractivity contribution in [3.63, 3.8) is 0 Å². The summed E-state index contributed by atoms with van der Waals surface area (Å²) in [4.78, 5) is 2.25. The molecule has 0 amide bonds. The first-order chi connectivity index (χ1) is 8.91. The molecule has 1 aliphatic heterocycles. The molecule has 1 aromatic rings. The fourth-order valence-electron chi connectivity index (χ4n) is 2.70. The number of rotatable bonds is 4. The molecule has 0 aromatic heterocycles. The maximum Gasteiger partial charge on any atom is 0.240 e. The fourth-order valence-corrected chi connectivity index (χ4v) is 3.35. The number of hydrogen-bond donors (Lipinski definition) is 2. The van der Waals surface area contributed by atoms with Gasteiger partial charge in [-0.25, -0.2) is 13.6 Å². The number of hydrogen-bond acceptors (Lipinski definition) is 4. The Bertz CT molecular complexity index is 557. The van der Waals surface area contributed by atoms with E-state index in [9.17, 15) is 8.42 Å². The Morgan fingerprint density at radius 2 is 2.16 bits per heavy atom. The van der Waals surface area contributed by atoms with E-state index in [2.05, 4.69) is 11.8 Å². The summed E-state index contributed by atoms with van der Waals surface area (Å²) in [5.41, 5.74) is 6.98. The number of anilines is 2. The van der Waals surface area contributed by atoms with Crippen LogP contribution >= 0.6 is 0 Å². The molecule has 6 heteroatoms. The summed E-state index contributed by atoms with van der Waals surface area (Å²) >= 11 is 0. The van der Waals surface area contributed by atoms with Gasteiger partial charge in [-0.15, -0.1) is 0 Å². The average Bonchev–Trinajstić information content (AvgIpc) is 2.76. The minimum absolute atomic E-state index is 0.000514. The molecule has 0 radical (unpaired) electrons. The fraction of sp³-hybridized carbons (Fsp3) is 0.538. The van der Waals surface area contributed by atoms with Gasteiger partial charge in [0.05, 0.1) is 5.69 Å². The summed E-state index contributed by atoms with van der Waals surface area (Å²) in [5.74, 6) is 0.726. The number of nitrogens with two attached hydrogens (primary N) is 2.